The standard InChI is InChI=1S/C7H13NS/c1-5-7(6(2)3)8-9-4/h5-6H,1H2,2-4H3. The van der Waals surface area contributed by atoms with Crippen LogP contribution in [0.25, 0.3) is 0 Å². The third-order valence-corrected chi connectivity index (χ3v) is 1.39. The van der Waals surface area contributed by atoms with Crippen LogP contribution in [0.1, 0.15) is 13.8 Å². The highest BCUT2D eigenvalue weighted by atomic mass is 32.2. The minimum absolute atomic E-state index is 0.495. The molecular formula is C7H13NS. The zero-order chi connectivity index (χ0) is 7.28. The van der Waals surface area contributed by atoms with Gasteiger partial charge < -0.3 is 0 Å². The fourth-order valence-corrected chi connectivity index (χ4v) is 0.980. The molecule has 0 saturated carbocycles. The molecule has 1 nitrogen and oxygen atoms in total. The van der Waals surface area contributed by atoms with Crippen molar-refractivity contribution in [2.75, 3.05) is 6.26 Å². The largest absolute Gasteiger partial charge is 0.221 e. The Kier molecular flexibility index (Phi) is 4.50. The van der Waals surface area contributed by atoms with E-state index in [-0.39, 0.29) is 0 Å². The Morgan fingerprint density at radius 2 is 2.22 bits per heavy atom. The molecule has 0 atom stereocenters. The minimum atomic E-state index is 0.495. The summed E-state index contributed by atoms with van der Waals surface area (Å²) in [6, 6.07) is 0. The van der Waals surface area contributed by atoms with Gasteiger partial charge in [0.15, 0.2) is 0 Å². The Morgan fingerprint density at radius 3 is 2.33 bits per heavy atom. The van der Waals surface area contributed by atoms with E-state index in [1.807, 2.05) is 6.26 Å². The second-order valence-corrected chi connectivity index (χ2v) is 2.61. The van der Waals surface area contributed by atoms with Gasteiger partial charge in [-0.15, -0.1) is 0 Å². The van der Waals surface area contributed by atoms with Gasteiger partial charge in [-0.2, -0.15) is 0 Å². The van der Waals surface area contributed by atoms with Gasteiger partial charge in [-0.25, -0.2) is 4.40 Å². The number of nitrogens with zero attached hydrogens (tertiary/aromatic N) is 1. The van der Waals surface area contributed by atoms with E-state index in [4.69, 9.17) is 0 Å². The van der Waals surface area contributed by atoms with Crippen LogP contribution in [0.4, 0.5) is 0 Å². The number of hydrogen-bond acceptors (Lipinski definition) is 2. The lowest BCUT2D eigenvalue weighted by Crippen LogP contribution is -2.01. The van der Waals surface area contributed by atoms with Crippen molar-refractivity contribution in [2.45, 2.75) is 13.8 Å². The van der Waals surface area contributed by atoms with Gasteiger partial charge in [0, 0.05) is 6.26 Å². The zero-order valence-electron chi connectivity index (χ0n) is 6.22. The molecule has 0 rings (SSSR count). The molecule has 0 amide bonds. The first kappa shape index (κ1) is 8.76. The average Bonchev–Trinajstić information content (AvgIpc) is 1.82. The summed E-state index contributed by atoms with van der Waals surface area (Å²) in [5, 5.41) is 0. The van der Waals surface area contributed by atoms with E-state index in [9.17, 15) is 0 Å². The van der Waals surface area contributed by atoms with Crippen LogP contribution in [0.15, 0.2) is 17.1 Å². The number of allylic oxidation sites excluding steroid dienone is 1. The lowest BCUT2D eigenvalue weighted by Gasteiger charge is -2.01. The molecule has 0 bridgehead atoms. The highest BCUT2D eigenvalue weighted by Gasteiger charge is 1.97. The molecule has 9 heavy (non-hydrogen) atoms. The van der Waals surface area contributed by atoms with Crippen LogP contribution in [0, 0.1) is 5.92 Å². The van der Waals surface area contributed by atoms with Gasteiger partial charge in [-0.3, -0.25) is 0 Å². The van der Waals surface area contributed by atoms with Crippen molar-refractivity contribution in [3.05, 3.63) is 12.7 Å². The topological polar surface area (TPSA) is 12.4 Å². The van der Waals surface area contributed by atoms with E-state index >= 15 is 0 Å². The van der Waals surface area contributed by atoms with Crippen LogP contribution in [0.3, 0.4) is 0 Å². The molecular weight excluding hydrogens is 130 g/mol. The van der Waals surface area contributed by atoms with Crippen LogP contribution in [-0.4, -0.2) is 12.0 Å². The number of hydrogen-bond donors (Lipinski definition) is 0. The molecule has 0 aliphatic heterocycles. The van der Waals surface area contributed by atoms with Crippen molar-refractivity contribution in [3.8, 4) is 0 Å². The Hall–Kier alpha value is -0.240. The van der Waals surface area contributed by atoms with Crippen molar-refractivity contribution < 1.29 is 0 Å². The fraction of sp³-hybridized carbons (Fsp3) is 0.571. The first-order valence-electron chi connectivity index (χ1n) is 2.95. The monoisotopic (exact) mass is 143 g/mol. The summed E-state index contributed by atoms with van der Waals surface area (Å²) < 4.78 is 4.16. The summed E-state index contributed by atoms with van der Waals surface area (Å²) in [4.78, 5) is 0. The van der Waals surface area contributed by atoms with Crippen LogP contribution < -0.4 is 0 Å². The van der Waals surface area contributed by atoms with Crippen LogP contribution in [0.5, 0.6) is 0 Å². The summed E-state index contributed by atoms with van der Waals surface area (Å²) in [7, 11) is 0. The Balaban J connectivity index is 3.97. The fourth-order valence-electron chi connectivity index (χ4n) is 0.484. The molecule has 0 spiro atoms. The molecule has 0 aliphatic rings. The second kappa shape index (κ2) is 4.62. The van der Waals surface area contributed by atoms with E-state index in [0.717, 1.165) is 5.71 Å². The van der Waals surface area contributed by atoms with Crippen LogP contribution in [0.2, 0.25) is 0 Å². The van der Waals surface area contributed by atoms with E-state index in [1.165, 1.54) is 11.9 Å². The summed E-state index contributed by atoms with van der Waals surface area (Å²) in [6.45, 7) is 7.87. The predicted octanol–water partition coefficient (Wildman–Crippen LogP) is 2.55. The molecule has 0 aliphatic carbocycles. The molecule has 0 aromatic carbocycles. The van der Waals surface area contributed by atoms with Crippen molar-refractivity contribution in [2.24, 2.45) is 10.3 Å². The van der Waals surface area contributed by atoms with Gasteiger partial charge in [0.2, 0.25) is 0 Å². The molecule has 2 heteroatoms. The van der Waals surface area contributed by atoms with Crippen molar-refractivity contribution >= 4 is 17.7 Å². The summed E-state index contributed by atoms with van der Waals surface area (Å²) >= 11 is 1.48. The lowest BCUT2D eigenvalue weighted by atomic mass is 10.1. The molecule has 0 saturated heterocycles. The van der Waals surface area contributed by atoms with Gasteiger partial charge in [0.05, 0.1) is 5.71 Å². The molecule has 0 aromatic heterocycles. The summed E-state index contributed by atoms with van der Waals surface area (Å²) in [5.41, 5.74) is 1.07. The van der Waals surface area contributed by atoms with E-state index in [1.54, 1.807) is 6.08 Å². The van der Waals surface area contributed by atoms with E-state index < -0.39 is 0 Å². The third kappa shape index (κ3) is 3.36. The SMILES string of the molecule is C=CC(=NSC)C(C)C. The maximum absolute atomic E-state index is 4.16. The predicted molar refractivity (Wildman–Crippen MR) is 46.0 cm³/mol. The highest BCUT2D eigenvalue weighted by molar-refractivity contribution is 7.97. The lowest BCUT2D eigenvalue weighted by molar-refractivity contribution is 0.893. The maximum Gasteiger partial charge on any atom is 0.0506 e. The van der Waals surface area contributed by atoms with Gasteiger partial charge in [0.25, 0.3) is 0 Å². The molecule has 0 radical (unpaired) electrons. The smallest absolute Gasteiger partial charge is 0.0506 e. The van der Waals surface area contributed by atoms with Gasteiger partial charge in [0.1, 0.15) is 0 Å². The molecule has 0 aromatic rings. The maximum atomic E-state index is 4.16. The summed E-state index contributed by atoms with van der Waals surface area (Å²) in [6.07, 6.45) is 3.76. The Bertz CT molecular complexity index is 116. The molecule has 0 N–H and O–H groups in total. The van der Waals surface area contributed by atoms with Crippen molar-refractivity contribution in [3.63, 3.8) is 0 Å². The summed E-state index contributed by atoms with van der Waals surface area (Å²) in [5.74, 6) is 0.495. The highest BCUT2D eigenvalue weighted by Crippen LogP contribution is 2.03. The third-order valence-electron chi connectivity index (χ3n) is 0.997. The van der Waals surface area contributed by atoms with Gasteiger partial charge in [-0.1, -0.05) is 20.4 Å². The Morgan fingerprint density at radius 1 is 1.67 bits per heavy atom. The minimum Gasteiger partial charge on any atom is -0.221 e. The molecule has 0 heterocycles. The van der Waals surface area contributed by atoms with Gasteiger partial charge >= 0.3 is 0 Å². The number of rotatable bonds is 3. The van der Waals surface area contributed by atoms with Crippen molar-refractivity contribution in [1.82, 2.24) is 0 Å². The van der Waals surface area contributed by atoms with Crippen LogP contribution in [-0.2, 0) is 0 Å². The normalized spacial score (nSPS) is 12.2. The van der Waals surface area contributed by atoms with E-state index in [2.05, 4.69) is 24.8 Å². The molecule has 0 unspecified atom stereocenters. The Labute approximate surface area is 61.4 Å². The molecule has 0 fully saturated rings. The average molecular weight is 143 g/mol. The quantitative estimate of drug-likeness (QED) is 0.437. The first-order chi connectivity index (χ1) is 4.22. The van der Waals surface area contributed by atoms with E-state index in [0.29, 0.717) is 5.92 Å². The first-order valence-corrected chi connectivity index (χ1v) is 4.14. The van der Waals surface area contributed by atoms with Gasteiger partial charge in [-0.05, 0) is 23.9 Å². The zero-order valence-corrected chi connectivity index (χ0v) is 7.03. The molecule has 52 valence electrons. The second-order valence-electron chi connectivity index (χ2n) is 2.06. The van der Waals surface area contributed by atoms with Crippen molar-refractivity contribution in [1.29, 1.82) is 0 Å². The van der Waals surface area contributed by atoms with Crippen LogP contribution >= 0.6 is 11.9 Å².